The van der Waals surface area contributed by atoms with Gasteiger partial charge in [0, 0.05) is 7.11 Å². The fourth-order valence-electron chi connectivity index (χ4n) is 2.73. The maximum atomic E-state index is 12.8. The highest BCUT2D eigenvalue weighted by molar-refractivity contribution is 5.81. The Morgan fingerprint density at radius 1 is 1.00 bits per heavy atom. The Labute approximate surface area is 184 Å². The van der Waals surface area contributed by atoms with Crippen molar-refractivity contribution in [2.24, 2.45) is 0 Å². The van der Waals surface area contributed by atoms with E-state index in [2.05, 4.69) is 5.32 Å². The molecule has 1 unspecified atom stereocenters. The van der Waals surface area contributed by atoms with Crippen molar-refractivity contribution in [2.75, 3.05) is 13.7 Å². The van der Waals surface area contributed by atoms with Crippen LogP contribution in [0.1, 0.15) is 31.9 Å². The quantitative estimate of drug-likeness (QED) is 0.600. The zero-order valence-corrected chi connectivity index (χ0v) is 18.3. The van der Waals surface area contributed by atoms with Crippen molar-refractivity contribution in [3.05, 3.63) is 59.7 Å². The third-order valence-corrected chi connectivity index (χ3v) is 4.16. The van der Waals surface area contributed by atoms with E-state index >= 15 is 0 Å². The number of rotatable bonds is 7. The van der Waals surface area contributed by atoms with Crippen molar-refractivity contribution >= 4 is 12.1 Å². The number of carbonyl (C=O) groups is 2. The zero-order chi connectivity index (χ0) is 23.9. The minimum absolute atomic E-state index is 0.0937. The first-order chi connectivity index (χ1) is 14.9. The summed E-state index contributed by atoms with van der Waals surface area (Å²) in [6.45, 7) is 4.88. The lowest BCUT2D eigenvalue weighted by Gasteiger charge is -2.22. The summed E-state index contributed by atoms with van der Waals surface area (Å²) in [5.74, 6) is -0.711. The van der Waals surface area contributed by atoms with Crippen molar-refractivity contribution in [3.8, 4) is 11.1 Å². The number of halogens is 3. The Balaban J connectivity index is 2.03. The van der Waals surface area contributed by atoms with Gasteiger partial charge in [0.2, 0.25) is 0 Å². The number of carbonyl (C=O) groups excluding carboxylic acids is 2. The first-order valence-electron chi connectivity index (χ1n) is 9.81. The second kappa shape index (κ2) is 10.5. The van der Waals surface area contributed by atoms with Gasteiger partial charge < -0.3 is 19.5 Å². The Morgan fingerprint density at radius 2 is 1.66 bits per heavy atom. The molecule has 0 aliphatic carbocycles. The van der Waals surface area contributed by atoms with Crippen LogP contribution in [0.4, 0.5) is 18.0 Å². The van der Waals surface area contributed by atoms with Crippen LogP contribution in [0.3, 0.4) is 0 Å². The van der Waals surface area contributed by atoms with Crippen LogP contribution in [0.25, 0.3) is 11.1 Å². The smallest absolute Gasteiger partial charge is 0.416 e. The number of nitrogens with one attached hydrogen (secondary N) is 1. The molecule has 174 valence electrons. The minimum Gasteiger partial charge on any atom is -0.459 e. The number of benzene rings is 2. The van der Waals surface area contributed by atoms with Gasteiger partial charge in [0.05, 0.1) is 12.2 Å². The summed E-state index contributed by atoms with van der Waals surface area (Å²) >= 11 is 0. The van der Waals surface area contributed by atoms with Crippen LogP contribution in [0.2, 0.25) is 0 Å². The number of esters is 1. The van der Waals surface area contributed by atoms with E-state index in [4.69, 9.17) is 14.2 Å². The molecule has 0 radical (unpaired) electrons. The predicted octanol–water partition coefficient (Wildman–Crippen LogP) is 4.96. The van der Waals surface area contributed by atoms with E-state index in [0.29, 0.717) is 16.7 Å². The second-order valence-corrected chi connectivity index (χ2v) is 8.04. The summed E-state index contributed by atoms with van der Waals surface area (Å²) in [4.78, 5) is 24.4. The Kier molecular flexibility index (Phi) is 8.26. The van der Waals surface area contributed by atoms with Gasteiger partial charge in [-0.15, -0.1) is 0 Å². The van der Waals surface area contributed by atoms with Crippen molar-refractivity contribution in [1.82, 2.24) is 5.32 Å². The van der Waals surface area contributed by atoms with Gasteiger partial charge in [-0.2, -0.15) is 13.2 Å². The number of methoxy groups -OCH3 is 1. The van der Waals surface area contributed by atoms with Gasteiger partial charge in [0.15, 0.2) is 6.04 Å². The molecule has 2 aromatic rings. The number of hydrogen-bond acceptors (Lipinski definition) is 5. The van der Waals surface area contributed by atoms with E-state index in [9.17, 15) is 22.8 Å². The second-order valence-electron chi connectivity index (χ2n) is 8.04. The van der Waals surface area contributed by atoms with Gasteiger partial charge in [-0.3, -0.25) is 0 Å². The number of hydrogen-bond donors (Lipinski definition) is 1. The summed E-state index contributed by atoms with van der Waals surface area (Å²) in [6, 6.07) is 10.6. The van der Waals surface area contributed by atoms with Crippen LogP contribution >= 0.6 is 0 Å². The van der Waals surface area contributed by atoms with Crippen molar-refractivity contribution < 1.29 is 37.0 Å². The molecular formula is C23H26F3NO5. The monoisotopic (exact) mass is 453 g/mol. The molecule has 1 atom stereocenters. The fraction of sp³-hybridized carbons (Fsp3) is 0.391. The van der Waals surface area contributed by atoms with Gasteiger partial charge in [-0.1, -0.05) is 30.3 Å². The molecule has 1 N–H and O–H groups in total. The lowest BCUT2D eigenvalue weighted by Crippen LogP contribution is -2.46. The highest BCUT2D eigenvalue weighted by Crippen LogP contribution is 2.31. The van der Waals surface area contributed by atoms with Gasteiger partial charge >= 0.3 is 18.2 Å². The molecule has 6 nitrogen and oxygen atoms in total. The SMILES string of the molecule is COCC(NC(=O)OC(C)(C)C)C(=O)OCc1cccc(-c2ccc(C(F)(F)F)cc2)c1. The van der Waals surface area contributed by atoms with Gasteiger partial charge in [0.1, 0.15) is 12.2 Å². The van der Waals surface area contributed by atoms with Crippen molar-refractivity contribution in [1.29, 1.82) is 0 Å². The van der Waals surface area contributed by atoms with Crippen molar-refractivity contribution in [3.63, 3.8) is 0 Å². The average molecular weight is 453 g/mol. The molecule has 2 aromatic carbocycles. The summed E-state index contributed by atoms with van der Waals surface area (Å²) < 4.78 is 53.6. The molecule has 1 amide bonds. The molecule has 0 spiro atoms. The van der Waals surface area contributed by atoms with Gasteiger partial charge in [-0.05, 0) is 55.7 Å². The third-order valence-electron chi connectivity index (χ3n) is 4.16. The Hall–Kier alpha value is -3.07. The zero-order valence-electron chi connectivity index (χ0n) is 18.3. The van der Waals surface area contributed by atoms with E-state index < -0.39 is 35.4 Å². The molecule has 0 saturated heterocycles. The maximum absolute atomic E-state index is 12.8. The first kappa shape index (κ1) is 25.2. The maximum Gasteiger partial charge on any atom is 0.416 e. The number of alkyl halides is 3. The molecule has 0 bridgehead atoms. The fourth-order valence-corrected chi connectivity index (χ4v) is 2.73. The molecule has 0 fully saturated rings. The van der Waals surface area contributed by atoms with Crippen molar-refractivity contribution in [2.45, 2.75) is 45.2 Å². The Morgan fingerprint density at radius 3 is 2.22 bits per heavy atom. The molecule has 0 aromatic heterocycles. The van der Waals surface area contributed by atoms with Crippen LogP contribution in [0.5, 0.6) is 0 Å². The van der Waals surface area contributed by atoms with Crippen LogP contribution in [-0.4, -0.2) is 37.4 Å². The molecule has 2 rings (SSSR count). The minimum atomic E-state index is -4.40. The lowest BCUT2D eigenvalue weighted by molar-refractivity contribution is -0.149. The molecule has 0 saturated carbocycles. The molecule has 0 heterocycles. The summed E-state index contributed by atoms with van der Waals surface area (Å²) in [5.41, 5.74) is 0.435. The molecule has 0 aliphatic rings. The molecule has 0 aliphatic heterocycles. The highest BCUT2D eigenvalue weighted by Gasteiger charge is 2.30. The number of amides is 1. The van der Waals surface area contributed by atoms with Crippen LogP contribution < -0.4 is 5.32 Å². The van der Waals surface area contributed by atoms with E-state index in [-0.39, 0.29) is 13.2 Å². The predicted molar refractivity (Wildman–Crippen MR) is 112 cm³/mol. The van der Waals surface area contributed by atoms with Crippen LogP contribution in [0.15, 0.2) is 48.5 Å². The first-order valence-corrected chi connectivity index (χ1v) is 9.81. The van der Waals surface area contributed by atoms with Crippen LogP contribution in [-0.2, 0) is 31.8 Å². The topological polar surface area (TPSA) is 73.9 Å². The van der Waals surface area contributed by atoms with Crippen LogP contribution in [0, 0.1) is 0 Å². The standard InChI is InChI=1S/C23H26F3NO5/c1-22(2,3)32-21(29)27-19(14-30-4)20(28)31-13-15-6-5-7-17(12-15)16-8-10-18(11-9-16)23(24,25)26/h5-12,19H,13-14H2,1-4H3,(H,27,29). The third kappa shape index (κ3) is 7.88. The lowest BCUT2D eigenvalue weighted by atomic mass is 10.0. The van der Waals surface area contributed by atoms with E-state index in [1.807, 2.05) is 0 Å². The summed E-state index contributed by atoms with van der Waals surface area (Å²) in [7, 11) is 1.38. The molecule has 9 heteroatoms. The van der Waals surface area contributed by atoms with E-state index in [0.717, 1.165) is 12.1 Å². The summed E-state index contributed by atoms with van der Waals surface area (Å²) in [5, 5.41) is 2.41. The van der Waals surface area contributed by atoms with Gasteiger partial charge in [0.25, 0.3) is 0 Å². The molecule has 32 heavy (non-hydrogen) atoms. The molecular weight excluding hydrogens is 427 g/mol. The van der Waals surface area contributed by atoms with E-state index in [1.165, 1.54) is 19.2 Å². The van der Waals surface area contributed by atoms with E-state index in [1.54, 1.807) is 45.0 Å². The number of ether oxygens (including phenoxy) is 3. The Bertz CT molecular complexity index is 920. The van der Waals surface area contributed by atoms with Gasteiger partial charge in [-0.25, -0.2) is 9.59 Å². The highest BCUT2D eigenvalue weighted by atomic mass is 19.4. The number of alkyl carbamates (subject to hydrolysis) is 1. The largest absolute Gasteiger partial charge is 0.459 e. The normalized spacial score (nSPS) is 12.7. The average Bonchev–Trinajstić information content (AvgIpc) is 2.70. The summed E-state index contributed by atoms with van der Waals surface area (Å²) in [6.07, 6.45) is -5.18.